The molecule has 1 fully saturated rings. The second kappa shape index (κ2) is 9.79. The standard InChI is InChI=1S/C27H27N5O/c33-27(28-23-16-18-31(19-17-23)20-21-10-4-1-5-11-21)25-26(22-12-6-2-7-13-22)32(30-29-25)24-14-8-3-9-15-24/h1-15,23H,16-20H2,(H,28,33). The van der Waals surface area contributed by atoms with Gasteiger partial charge in [0.25, 0.3) is 5.91 Å². The topological polar surface area (TPSA) is 63.1 Å². The summed E-state index contributed by atoms with van der Waals surface area (Å²) in [7, 11) is 0. The number of amides is 1. The van der Waals surface area contributed by atoms with Crippen molar-refractivity contribution >= 4 is 5.91 Å². The van der Waals surface area contributed by atoms with Gasteiger partial charge in [-0.15, -0.1) is 5.10 Å². The van der Waals surface area contributed by atoms with E-state index < -0.39 is 0 Å². The number of nitrogens with zero attached hydrogens (tertiary/aromatic N) is 4. The highest BCUT2D eigenvalue weighted by molar-refractivity contribution is 5.98. The van der Waals surface area contributed by atoms with Gasteiger partial charge in [-0.3, -0.25) is 9.69 Å². The van der Waals surface area contributed by atoms with Gasteiger partial charge in [-0.2, -0.15) is 0 Å². The van der Waals surface area contributed by atoms with Crippen molar-refractivity contribution in [3.63, 3.8) is 0 Å². The van der Waals surface area contributed by atoms with E-state index >= 15 is 0 Å². The summed E-state index contributed by atoms with van der Waals surface area (Å²) in [5.41, 5.74) is 4.17. The number of carbonyl (C=O) groups excluding carboxylic acids is 1. The van der Waals surface area contributed by atoms with Crippen LogP contribution in [0.3, 0.4) is 0 Å². The zero-order valence-electron chi connectivity index (χ0n) is 18.5. The molecule has 1 aliphatic rings. The third kappa shape index (κ3) is 4.86. The number of para-hydroxylation sites is 1. The van der Waals surface area contributed by atoms with E-state index in [1.54, 1.807) is 4.68 Å². The van der Waals surface area contributed by atoms with Crippen molar-refractivity contribution in [2.24, 2.45) is 0 Å². The second-order valence-electron chi connectivity index (χ2n) is 8.41. The predicted molar refractivity (Wildman–Crippen MR) is 129 cm³/mol. The predicted octanol–water partition coefficient (Wildman–Crippen LogP) is 4.33. The molecule has 6 nitrogen and oxygen atoms in total. The Kier molecular flexibility index (Phi) is 6.26. The van der Waals surface area contributed by atoms with Gasteiger partial charge in [0.1, 0.15) is 5.69 Å². The molecule has 0 unspecified atom stereocenters. The molecule has 3 aromatic carbocycles. The van der Waals surface area contributed by atoms with Crippen LogP contribution in [0, 0.1) is 0 Å². The number of nitrogens with one attached hydrogen (secondary N) is 1. The molecule has 0 atom stereocenters. The molecule has 1 aromatic heterocycles. The summed E-state index contributed by atoms with van der Waals surface area (Å²) in [6.07, 6.45) is 1.85. The van der Waals surface area contributed by atoms with Crippen molar-refractivity contribution in [1.82, 2.24) is 25.2 Å². The maximum absolute atomic E-state index is 13.3. The molecule has 1 saturated heterocycles. The van der Waals surface area contributed by atoms with Crippen LogP contribution in [-0.2, 0) is 6.54 Å². The molecule has 0 bridgehead atoms. The highest BCUT2D eigenvalue weighted by atomic mass is 16.2. The average Bonchev–Trinajstić information content (AvgIpc) is 3.32. The number of aromatic nitrogens is 3. The molecule has 0 spiro atoms. The molecule has 2 heterocycles. The van der Waals surface area contributed by atoms with Crippen molar-refractivity contribution in [3.05, 3.63) is 102 Å². The minimum atomic E-state index is -0.169. The number of rotatable bonds is 6. The van der Waals surface area contributed by atoms with Gasteiger partial charge in [0.2, 0.25) is 0 Å². The van der Waals surface area contributed by atoms with Gasteiger partial charge >= 0.3 is 0 Å². The number of likely N-dealkylation sites (tertiary alicyclic amines) is 1. The Morgan fingerprint density at radius 1 is 0.848 bits per heavy atom. The van der Waals surface area contributed by atoms with E-state index in [9.17, 15) is 4.79 Å². The van der Waals surface area contributed by atoms with Crippen LogP contribution in [0.2, 0.25) is 0 Å². The highest BCUT2D eigenvalue weighted by Crippen LogP contribution is 2.25. The summed E-state index contributed by atoms with van der Waals surface area (Å²) in [4.78, 5) is 15.7. The van der Waals surface area contributed by atoms with Crippen molar-refractivity contribution < 1.29 is 4.79 Å². The first-order chi connectivity index (χ1) is 16.3. The lowest BCUT2D eigenvalue weighted by atomic mass is 10.0. The van der Waals surface area contributed by atoms with Crippen LogP contribution in [0.5, 0.6) is 0 Å². The Hall–Kier alpha value is -3.77. The van der Waals surface area contributed by atoms with Crippen LogP contribution < -0.4 is 5.32 Å². The Morgan fingerprint density at radius 3 is 2.12 bits per heavy atom. The number of hydrogen-bond acceptors (Lipinski definition) is 4. The van der Waals surface area contributed by atoms with Gasteiger partial charge in [-0.05, 0) is 30.5 Å². The smallest absolute Gasteiger partial charge is 0.274 e. The lowest BCUT2D eigenvalue weighted by molar-refractivity contribution is 0.0904. The van der Waals surface area contributed by atoms with Crippen molar-refractivity contribution in [1.29, 1.82) is 0 Å². The number of hydrogen-bond donors (Lipinski definition) is 1. The van der Waals surface area contributed by atoms with Crippen LogP contribution in [0.1, 0.15) is 28.9 Å². The first-order valence-corrected chi connectivity index (χ1v) is 11.4. The fraction of sp³-hybridized carbons (Fsp3) is 0.222. The van der Waals surface area contributed by atoms with Gasteiger partial charge in [0.05, 0.1) is 5.69 Å². The normalized spacial score (nSPS) is 14.8. The third-order valence-corrected chi connectivity index (χ3v) is 6.11. The summed E-state index contributed by atoms with van der Waals surface area (Å²) in [6, 6.07) is 30.3. The maximum atomic E-state index is 13.3. The summed E-state index contributed by atoms with van der Waals surface area (Å²) >= 11 is 0. The van der Waals surface area contributed by atoms with E-state index in [-0.39, 0.29) is 11.9 Å². The summed E-state index contributed by atoms with van der Waals surface area (Å²) in [6.45, 7) is 2.87. The minimum absolute atomic E-state index is 0.134. The van der Waals surface area contributed by atoms with Crippen molar-refractivity contribution in [2.45, 2.75) is 25.4 Å². The van der Waals surface area contributed by atoms with Crippen LogP contribution >= 0.6 is 0 Å². The van der Waals surface area contributed by atoms with Crippen LogP contribution in [0.4, 0.5) is 0 Å². The van der Waals surface area contributed by atoms with Crippen LogP contribution in [0.15, 0.2) is 91.0 Å². The summed E-state index contributed by atoms with van der Waals surface area (Å²) < 4.78 is 1.74. The average molecular weight is 438 g/mol. The van der Waals surface area contributed by atoms with E-state index in [0.29, 0.717) is 11.4 Å². The summed E-state index contributed by atoms with van der Waals surface area (Å²) in [5, 5.41) is 11.8. The van der Waals surface area contributed by atoms with Crippen LogP contribution in [-0.4, -0.2) is 44.9 Å². The monoisotopic (exact) mass is 437 g/mol. The number of piperidine rings is 1. The second-order valence-corrected chi connectivity index (χ2v) is 8.41. The highest BCUT2D eigenvalue weighted by Gasteiger charge is 2.26. The van der Waals surface area contributed by atoms with Gasteiger partial charge in [-0.25, -0.2) is 4.68 Å². The molecule has 1 aliphatic heterocycles. The molecule has 5 rings (SSSR count). The van der Waals surface area contributed by atoms with E-state index in [1.807, 2.05) is 66.7 Å². The molecule has 4 aromatic rings. The summed E-state index contributed by atoms with van der Waals surface area (Å²) in [5.74, 6) is -0.169. The zero-order chi connectivity index (χ0) is 22.5. The van der Waals surface area contributed by atoms with E-state index in [2.05, 4.69) is 44.8 Å². The van der Waals surface area contributed by atoms with Gasteiger partial charge < -0.3 is 5.32 Å². The Bertz CT molecular complexity index is 1180. The first-order valence-electron chi connectivity index (χ1n) is 11.4. The molecule has 6 heteroatoms. The van der Waals surface area contributed by atoms with Gasteiger partial charge in [0.15, 0.2) is 5.69 Å². The molecule has 166 valence electrons. The number of benzene rings is 3. The Morgan fingerprint density at radius 2 is 1.45 bits per heavy atom. The van der Waals surface area contributed by atoms with Crippen molar-refractivity contribution in [2.75, 3.05) is 13.1 Å². The van der Waals surface area contributed by atoms with E-state index in [1.165, 1.54) is 5.56 Å². The molecular formula is C27H27N5O. The largest absolute Gasteiger partial charge is 0.348 e. The lowest BCUT2D eigenvalue weighted by Gasteiger charge is -2.32. The molecule has 0 aliphatic carbocycles. The first kappa shape index (κ1) is 21.1. The maximum Gasteiger partial charge on any atom is 0.274 e. The minimum Gasteiger partial charge on any atom is -0.348 e. The van der Waals surface area contributed by atoms with Gasteiger partial charge in [0, 0.05) is 31.2 Å². The molecule has 0 radical (unpaired) electrons. The fourth-order valence-corrected chi connectivity index (χ4v) is 4.37. The molecule has 1 amide bonds. The lowest BCUT2D eigenvalue weighted by Crippen LogP contribution is -2.44. The Labute approximate surface area is 193 Å². The van der Waals surface area contributed by atoms with Crippen molar-refractivity contribution in [3.8, 4) is 16.9 Å². The Balaban J connectivity index is 1.31. The zero-order valence-corrected chi connectivity index (χ0v) is 18.5. The SMILES string of the molecule is O=C(NC1CCN(Cc2ccccc2)CC1)c1nnn(-c2ccccc2)c1-c1ccccc1. The van der Waals surface area contributed by atoms with E-state index in [4.69, 9.17) is 0 Å². The van der Waals surface area contributed by atoms with Crippen LogP contribution in [0.25, 0.3) is 16.9 Å². The molecule has 0 saturated carbocycles. The quantitative estimate of drug-likeness (QED) is 0.488. The number of carbonyl (C=O) groups is 1. The fourth-order valence-electron chi connectivity index (χ4n) is 4.37. The third-order valence-electron chi connectivity index (χ3n) is 6.11. The molecule has 1 N–H and O–H groups in total. The molecular weight excluding hydrogens is 410 g/mol. The van der Waals surface area contributed by atoms with E-state index in [0.717, 1.165) is 43.7 Å². The molecule has 33 heavy (non-hydrogen) atoms. The van der Waals surface area contributed by atoms with Gasteiger partial charge in [-0.1, -0.05) is 84.1 Å².